The zero-order chi connectivity index (χ0) is 18.0. The maximum absolute atomic E-state index is 13.8. The standard InChI is InChI=1S/C15H15F2N3O3S2/c16-11-1-2-12(17)13(9-11)25(22,23)20-6-3-10(4-7-20)14(21)19-15-18-5-8-24-15/h1-2,5,8-10H,3-4,6-7H2,(H,18,19,21). The van der Waals surface area contributed by atoms with Crippen LogP contribution in [0.2, 0.25) is 0 Å². The number of carbonyl (C=O) groups excluding carboxylic acids is 1. The van der Waals surface area contributed by atoms with Crippen LogP contribution in [0, 0.1) is 17.6 Å². The second kappa shape index (κ2) is 7.14. The summed E-state index contributed by atoms with van der Waals surface area (Å²) < 4.78 is 53.2. The van der Waals surface area contributed by atoms with Gasteiger partial charge in [0.15, 0.2) is 5.13 Å². The first-order valence-electron chi connectivity index (χ1n) is 7.53. The van der Waals surface area contributed by atoms with Gasteiger partial charge in [0.1, 0.15) is 16.5 Å². The highest BCUT2D eigenvalue weighted by atomic mass is 32.2. The van der Waals surface area contributed by atoms with Crippen molar-refractivity contribution in [1.29, 1.82) is 0 Å². The highest BCUT2D eigenvalue weighted by Crippen LogP contribution is 2.26. The minimum atomic E-state index is -4.14. The Morgan fingerprint density at radius 3 is 2.64 bits per heavy atom. The van der Waals surface area contributed by atoms with E-state index < -0.39 is 26.6 Å². The monoisotopic (exact) mass is 387 g/mol. The molecule has 2 aromatic rings. The van der Waals surface area contributed by atoms with Gasteiger partial charge in [0.25, 0.3) is 0 Å². The van der Waals surface area contributed by atoms with Crippen LogP contribution in [0.4, 0.5) is 13.9 Å². The third kappa shape index (κ3) is 3.86. The summed E-state index contributed by atoms with van der Waals surface area (Å²) in [5.41, 5.74) is 0. The molecule has 1 aromatic carbocycles. The van der Waals surface area contributed by atoms with Crippen molar-refractivity contribution < 1.29 is 22.0 Å². The molecule has 134 valence electrons. The number of benzene rings is 1. The number of hydrogen-bond donors (Lipinski definition) is 1. The minimum absolute atomic E-state index is 0.0637. The van der Waals surface area contributed by atoms with Gasteiger partial charge in [-0.3, -0.25) is 4.79 Å². The predicted octanol–water partition coefficient (Wildman–Crippen LogP) is 2.46. The molecule has 0 bridgehead atoms. The molecule has 1 fully saturated rings. The molecule has 10 heteroatoms. The number of sulfonamides is 1. The normalized spacial score (nSPS) is 16.7. The number of anilines is 1. The third-order valence-corrected chi connectivity index (χ3v) is 6.60. The van der Waals surface area contributed by atoms with Gasteiger partial charge in [0.05, 0.1) is 0 Å². The SMILES string of the molecule is O=C(Nc1nccs1)C1CCN(S(=O)(=O)c2cc(F)ccc2F)CC1. The number of aromatic nitrogens is 1. The van der Waals surface area contributed by atoms with E-state index in [9.17, 15) is 22.0 Å². The molecule has 0 saturated carbocycles. The number of hydrogen-bond acceptors (Lipinski definition) is 5. The molecule has 1 N–H and O–H groups in total. The molecule has 1 saturated heterocycles. The van der Waals surface area contributed by atoms with Gasteiger partial charge in [-0.05, 0) is 31.0 Å². The Balaban J connectivity index is 1.67. The van der Waals surface area contributed by atoms with Crippen LogP contribution >= 0.6 is 11.3 Å². The van der Waals surface area contributed by atoms with Crippen molar-refractivity contribution in [1.82, 2.24) is 9.29 Å². The number of nitrogens with zero attached hydrogens (tertiary/aromatic N) is 2. The molecule has 2 heterocycles. The molecule has 25 heavy (non-hydrogen) atoms. The topological polar surface area (TPSA) is 79.4 Å². The summed E-state index contributed by atoms with van der Waals surface area (Å²) in [6, 6.07) is 2.33. The Kier molecular flexibility index (Phi) is 5.11. The van der Waals surface area contributed by atoms with E-state index in [1.54, 1.807) is 11.6 Å². The lowest BCUT2D eigenvalue weighted by molar-refractivity contribution is -0.120. The summed E-state index contributed by atoms with van der Waals surface area (Å²) in [6.45, 7) is 0.127. The lowest BCUT2D eigenvalue weighted by Crippen LogP contribution is -2.41. The van der Waals surface area contributed by atoms with Crippen LogP contribution in [0.5, 0.6) is 0 Å². The van der Waals surface area contributed by atoms with E-state index in [4.69, 9.17) is 0 Å². The van der Waals surface area contributed by atoms with Gasteiger partial charge >= 0.3 is 0 Å². The van der Waals surface area contributed by atoms with Crippen molar-refractivity contribution in [3.63, 3.8) is 0 Å². The molecule has 1 aliphatic heterocycles. The van der Waals surface area contributed by atoms with E-state index in [1.165, 1.54) is 11.3 Å². The summed E-state index contributed by atoms with van der Waals surface area (Å²) in [7, 11) is -4.14. The number of rotatable bonds is 4. The van der Waals surface area contributed by atoms with E-state index >= 15 is 0 Å². The van der Waals surface area contributed by atoms with Gasteiger partial charge in [-0.15, -0.1) is 11.3 Å². The van der Waals surface area contributed by atoms with Gasteiger partial charge in [-0.2, -0.15) is 4.31 Å². The Labute approximate surface area is 147 Å². The molecule has 0 spiro atoms. The van der Waals surface area contributed by atoms with Gasteiger partial charge in [-0.25, -0.2) is 22.2 Å². The molecular weight excluding hydrogens is 372 g/mol. The quantitative estimate of drug-likeness (QED) is 0.874. The first-order valence-corrected chi connectivity index (χ1v) is 9.85. The van der Waals surface area contributed by atoms with Crippen molar-refractivity contribution in [2.75, 3.05) is 18.4 Å². The van der Waals surface area contributed by atoms with Crippen molar-refractivity contribution >= 4 is 32.4 Å². The summed E-state index contributed by atoms with van der Waals surface area (Å²) in [6.07, 6.45) is 2.17. The Morgan fingerprint density at radius 1 is 1.28 bits per heavy atom. The van der Waals surface area contributed by atoms with Gasteiger partial charge in [0.2, 0.25) is 15.9 Å². The van der Waals surface area contributed by atoms with Crippen LogP contribution in [0.1, 0.15) is 12.8 Å². The molecular formula is C15H15F2N3O3S2. The lowest BCUT2D eigenvalue weighted by atomic mass is 9.97. The van der Waals surface area contributed by atoms with Crippen LogP contribution < -0.4 is 5.32 Å². The molecule has 0 atom stereocenters. The van der Waals surface area contributed by atoms with Gasteiger partial charge in [0, 0.05) is 30.6 Å². The minimum Gasteiger partial charge on any atom is -0.302 e. The van der Waals surface area contributed by atoms with E-state index in [1.807, 2.05) is 0 Å². The average molecular weight is 387 g/mol. The highest BCUT2D eigenvalue weighted by molar-refractivity contribution is 7.89. The van der Waals surface area contributed by atoms with Crippen LogP contribution in [-0.4, -0.2) is 36.7 Å². The zero-order valence-electron chi connectivity index (χ0n) is 13.0. The van der Waals surface area contributed by atoms with Crippen LogP contribution in [-0.2, 0) is 14.8 Å². The van der Waals surface area contributed by atoms with E-state index in [0.29, 0.717) is 24.0 Å². The Bertz CT molecular complexity index is 864. The van der Waals surface area contributed by atoms with E-state index in [-0.39, 0.29) is 24.9 Å². The maximum Gasteiger partial charge on any atom is 0.246 e. The number of carbonyl (C=O) groups is 1. The fourth-order valence-corrected chi connectivity index (χ4v) is 4.74. The first-order chi connectivity index (χ1) is 11.9. The fraction of sp³-hybridized carbons (Fsp3) is 0.333. The largest absolute Gasteiger partial charge is 0.302 e. The second-order valence-electron chi connectivity index (χ2n) is 5.58. The van der Waals surface area contributed by atoms with Crippen molar-refractivity contribution in [3.05, 3.63) is 41.4 Å². The van der Waals surface area contributed by atoms with Crippen molar-refractivity contribution in [2.45, 2.75) is 17.7 Å². The molecule has 1 aromatic heterocycles. The van der Waals surface area contributed by atoms with E-state index in [2.05, 4.69) is 10.3 Å². The Hall–Kier alpha value is -1.91. The average Bonchev–Trinajstić information content (AvgIpc) is 3.10. The maximum atomic E-state index is 13.8. The summed E-state index contributed by atoms with van der Waals surface area (Å²) >= 11 is 1.29. The van der Waals surface area contributed by atoms with Crippen molar-refractivity contribution in [2.24, 2.45) is 5.92 Å². The highest BCUT2D eigenvalue weighted by Gasteiger charge is 2.33. The van der Waals surface area contributed by atoms with E-state index in [0.717, 1.165) is 16.4 Å². The first kappa shape index (κ1) is 17.9. The van der Waals surface area contributed by atoms with Crippen LogP contribution in [0.3, 0.4) is 0 Å². The number of thiazole rings is 1. The number of nitrogens with one attached hydrogen (secondary N) is 1. The molecule has 0 unspecified atom stereocenters. The van der Waals surface area contributed by atoms with Crippen LogP contribution in [0.15, 0.2) is 34.7 Å². The van der Waals surface area contributed by atoms with Gasteiger partial charge < -0.3 is 5.32 Å². The number of amides is 1. The third-order valence-electron chi connectivity index (χ3n) is 4.00. The number of halogens is 2. The summed E-state index contributed by atoms with van der Waals surface area (Å²) in [5, 5.41) is 4.91. The molecule has 1 amide bonds. The van der Waals surface area contributed by atoms with Gasteiger partial charge in [-0.1, -0.05) is 0 Å². The predicted molar refractivity (Wildman–Crippen MR) is 88.6 cm³/mol. The molecule has 0 aliphatic carbocycles. The number of piperidine rings is 1. The van der Waals surface area contributed by atoms with Crippen LogP contribution in [0.25, 0.3) is 0 Å². The molecule has 3 rings (SSSR count). The summed E-state index contributed by atoms with van der Waals surface area (Å²) in [4.78, 5) is 15.5. The fourth-order valence-electron chi connectivity index (χ4n) is 2.66. The summed E-state index contributed by atoms with van der Waals surface area (Å²) in [5.74, 6) is -2.39. The molecule has 1 aliphatic rings. The smallest absolute Gasteiger partial charge is 0.246 e. The molecule has 6 nitrogen and oxygen atoms in total. The Morgan fingerprint density at radius 2 is 2.00 bits per heavy atom. The lowest BCUT2D eigenvalue weighted by Gasteiger charge is -2.30. The zero-order valence-corrected chi connectivity index (χ0v) is 14.6. The second-order valence-corrected chi connectivity index (χ2v) is 8.38. The molecule has 0 radical (unpaired) electrons. The van der Waals surface area contributed by atoms with Crippen molar-refractivity contribution in [3.8, 4) is 0 Å².